The van der Waals surface area contributed by atoms with Gasteiger partial charge in [-0.2, -0.15) is 0 Å². The third-order valence-electron chi connectivity index (χ3n) is 4.44. The molecule has 0 atom stereocenters. The van der Waals surface area contributed by atoms with E-state index < -0.39 is 0 Å². The monoisotopic (exact) mass is 322 g/mol. The second-order valence-electron chi connectivity index (χ2n) is 6.15. The molecule has 4 heteroatoms. The Hall–Kier alpha value is -2.62. The average Bonchev–Trinajstić information content (AvgIpc) is 2.58. The van der Waals surface area contributed by atoms with Gasteiger partial charge in [0.2, 0.25) is 11.8 Å². The molecule has 0 aliphatic heterocycles. The molecule has 3 rings (SSSR count). The summed E-state index contributed by atoms with van der Waals surface area (Å²) in [6.45, 7) is 0.528. The van der Waals surface area contributed by atoms with Gasteiger partial charge in [0.15, 0.2) is 0 Å². The van der Waals surface area contributed by atoms with Crippen molar-refractivity contribution in [1.82, 2.24) is 5.32 Å². The van der Waals surface area contributed by atoms with E-state index in [2.05, 4.69) is 5.32 Å². The Morgan fingerprint density at radius 3 is 2.17 bits per heavy atom. The third-order valence-corrected chi connectivity index (χ3v) is 4.44. The number of benzene rings is 2. The first-order valence-electron chi connectivity index (χ1n) is 8.41. The van der Waals surface area contributed by atoms with Crippen molar-refractivity contribution in [3.05, 3.63) is 66.2 Å². The van der Waals surface area contributed by atoms with Crippen LogP contribution in [0.5, 0.6) is 0 Å². The maximum atomic E-state index is 12.7. The molecule has 0 spiro atoms. The minimum atomic E-state index is -0.0993. The third kappa shape index (κ3) is 4.02. The van der Waals surface area contributed by atoms with Gasteiger partial charge in [-0.1, -0.05) is 55.0 Å². The number of rotatable bonds is 6. The fraction of sp³-hybridized carbons (Fsp3) is 0.300. The molecule has 4 nitrogen and oxygen atoms in total. The number of amides is 2. The molecule has 2 amide bonds. The minimum Gasteiger partial charge on any atom is -0.347 e. The molecule has 124 valence electrons. The summed E-state index contributed by atoms with van der Waals surface area (Å²) in [5.74, 6) is -0.00264. The first kappa shape index (κ1) is 16.2. The normalized spacial score (nSPS) is 13.8. The van der Waals surface area contributed by atoms with Crippen LogP contribution < -0.4 is 10.2 Å². The predicted octanol–water partition coefficient (Wildman–Crippen LogP) is 3.14. The van der Waals surface area contributed by atoms with Crippen LogP contribution in [0.3, 0.4) is 0 Å². The van der Waals surface area contributed by atoms with E-state index in [0.29, 0.717) is 6.54 Å². The molecular weight excluding hydrogens is 300 g/mol. The predicted molar refractivity (Wildman–Crippen MR) is 94.4 cm³/mol. The van der Waals surface area contributed by atoms with E-state index in [1.807, 2.05) is 60.7 Å². The van der Waals surface area contributed by atoms with Crippen molar-refractivity contribution in [2.24, 2.45) is 5.92 Å². The number of para-hydroxylation sites is 1. The molecule has 2 aromatic carbocycles. The lowest BCUT2D eigenvalue weighted by atomic mass is 9.85. The largest absolute Gasteiger partial charge is 0.347 e. The summed E-state index contributed by atoms with van der Waals surface area (Å²) < 4.78 is 0. The number of carbonyl (C=O) groups is 2. The van der Waals surface area contributed by atoms with Gasteiger partial charge in [-0.25, -0.2) is 0 Å². The zero-order chi connectivity index (χ0) is 16.8. The van der Waals surface area contributed by atoms with Gasteiger partial charge in [0.25, 0.3) is 0 Å². The number of carbonyl (C=O) groups excluding carboxylic acids is 2. The summed E-state index contributed by atoms with van der Waals surface area (Å²) >= 11 is 0. The van der Waals surface area contributed by atoms with Gasteiger partial charge in [0.1, 0.15) is 0 Å². The molecule has 24 heavy (non-hydrogen) atoms. The van der Waals surface area contributed by atoms with Crippen LogP contribution >= 0.6 is 0 Å². The molecule has 0 saturated heterocycles. The van der Waals surface area contributed by atoms with E-state index in [4.69, 9.17) is 0 Å². The van der Waals surface area contributed by atoms with Crippen LogP contribution in [-0.4, -0.2) is 18.4 Å². The highest BCUT2D eigenvalue weighted by Crippen LogP contribution is 2.26. The highest BCUT2D eigenvalue weighted by Gasteiger charge is 2.26. The van der Waals surface area contributed by atoms with E-state index in [1.165, 1.54) is 0 Å². The summed E-state index contributed by atoms with van der Waals surface area (Å²) in [5.41, 5.74) is 1.89. The van der Waals surface area contributed by atoms with Gasteiger partial charge < -0.3 is 10.2 Å². The highest BCUT2D eigenvalue weighted by atomic mass is 16.2. The van der Waals surface area contributed by atoms with Crippen LogP contribution in [0.25, 0.3) is 0 Å². The van der Waals surface area contributed by atoms with Crippen LogP contribution in [0.1, 0.15) is 24.8 Å². The van der Waals surface area contributed by atoms with Crippen molar-refractivity contribution >= 4 is 17.5 Å². The maximum absolute atomic E-state index is 12.7. The second kappa shape index (κ2) is 7.77. The van der Waals surface area contributed by atoms with Crippen LogP contribution in [0.4, 0.5) is 5.69 Å². The minimum absolute atomic E-state index is 0.00215. The van der Waals surface area contributed by atoms with Crippen molar-refractivity contribution < 1.29 is 9.59 Å². The Kier molecular flexibility index (Phi) is 5.26. The summed E-state index contributed by atoms with van der Waals surface area (Å²) in [6.07, 6.45) is 2.98. The molecule has 1 saturated carbocycles. The fourth-order valence-corrected chi connectivity index (χ4v) is 2.77. The summed E-state index contributed by atoms with van der Waals surface area (Å²) in [7, 11) is 0. The van der Waals surface area contributed by atoms with Gasteiger partial charge in [-0.3, -0.25) is 9.59 Å². The van der Waals surface area contributed by atoms with Crippen LogP contribution in [0, 0.1) is 5.92 Å². The van der Waals surface area contributed by atoms with Gasteiger partial charge in [0.05, 0.1) is 13.1 Å². The van der Waals surface area contributed by atoms with Crippen molar-refractivity contribution in [1.29, 1.82) is 0 Å². The first-order chi connectivity index (χ1) is 11.7. The molecule has 1 fully saturated rings. The van der Waals surface area contributed by atoms with Crippen LogP contribution in [0.2, 0.25) is 0 Å². The molecule has 0 radical (unpaired) electrons. The number of hydrogen-bond donors (Lipinski definition) is 1. The Labute approximate surface area is 142 Å². The van der Waals surface area contributed by atoms with Gasteiger partial charge >= 0.3 is 0 Å². The Bertz CT molecular complexity index is 681. The number of nitrogens with zero attached hydrogens (tertiary/aromatic N) is 1. The van der Waals surface area contributed by atoms with E-state index in [-0.39, 0.29) is 24.3 Å². The molecule has 2 aromatic rings. The maximum Gasteiger partial charge on any atom is 0.246 e. The smallest absolute Gasteiger partial charge is 0.246 e. The lowest BCUT2D eigenvalue weighted by molar-refractivity contribution is -0.129. The molecule has 0 bridgehead atoms. The molecule has 1 aliphatic carbocycles. The van der Waals surface area contributed by atoms with Crippen LogP contribution in [-0.2, 0) is 16.1 Å². The molecule has 1 N–H and O–H groups in total. The number of anilines is 1. The van der Waals surface area contributed by atoms with Gasteiger partial charge in [0, 0.05) is 11.6 Å². The van der Waals surface area contributed by atoms with Crippen molar-refractivity contribution in [3.8, 4) is 0 Å². The van der Waals surface area contributed by atoms with E-state index in [9.17, 15) is 9.59 Å². The second-order valence-corrected chi connectivity index (χ2v) is 6.15. The quantitative estimate of drug-likeness (QED) is 0.888. The Morgan fingerprint density at radius 1 is 0.958 bits per heavy atom. The topological polar surface area (TPSA) is 49.4 Å². The zero-order valence-electron chi connectivity index (χ0n) is 13.7. The van der Waals surface area contributed by atoms with Gasteiger partial charge in [-0.15, -0.1) is 0 Å². The van der Waals surface area contributed by atoms with Crippen molar-refractivity contribution in [3.63, 3.8) is 0 Å². The Morgan fingerprint density at radius 2 is 1.58 bits per heavy atom. The van der Waals surface area contributed by atoms with E-state index >= 15 is 0 Å². The number of nitrogens with one attached hydrogen (secondary N) is 1. The van der Waals surface area contributed by atoms with E-state index in [1.54, 1.807) is 4.90 Å². The lowest BCUT2D eigenvalue weighted by Gasteiger charge is -2.26. The van der Waals surface area contributed by atoms with Crippen molar-refractivity contribution in [2.45, 2.75) is 25.8 Å². The molecule has 0 heterocycles. The first-order valence-corrected chi connectivity index (χ1v) is 8.41. The Balaban J connectivity index is 1.69. The molecule has 0 aromatic heterocycles. The zero-order valence-corrected chi connectivity index (χ0v) is 13.7. The molecule has 0 unspecified atom stereocenters. The van der Waals surface area contributed by atoms with E-state index in [0.717, 1.165) is 30.5 Å². The average molecular weight is 322 g/mol. The standard InChI is InChI=1S/C20H22N2O2/c23-19(14-21-20(24)17-10-7-11-17)22(18-12-5-2-6-13-18)15-16-8-3-1-4-9-16/h1-6,8-9,12-13,17H,7,10-11,14-15H2,(H,21,24). The summed E-state index contributed by atoms with van der Waals surface area (Å²) in [6, 6.07) is 19.4. The lowest BCUT2D eigenvalue weighted by Crippen LogP contribution is -2.43. The fourth-order valence-electron chi connectivity index (χ4n) is 2.77. The summed E-state index contributed by atoms with van der Waals surface area (Å²) in [4.78, 5) is 26.4. The van der Waals surface area contributed by atoms with Crippen molar-refractivity contribution in [2.75, 3.05) is 11.4 Å². The summed E-state index contributed by atoms with van der Waals surface area (Å²) in [5, 5.41) is 2.79. The molecular formula is C20H22N2O2. The highest BCUT2D eigenvalue weighted by molar-refractivity contribution is 5.96. The number of hydrogen-bond acceptors (Lipinski definition) is 2. The molecule has 1 aliphatic rings. The van der Waals surface area contributed by atoms with Gasteiger partial charge in [-0.05, 0) is 30.5 Å². The SMILES string of the molecule is O=C(NCC(=O)N(Cc1ccccc1)c1ccccc1)C1CCC1. The van der Waals surface area contributed by atoms with Crippen LogP contribution in [0.15, 0.2) is 60.7 Å².